The van der Waals surface area contributed by atoms with Crippen LogP contribution in [0.3, 0.4) is 0 Å². The number of piperidine rings is 1. The van der Waals surface area contributed by atoms with Gasteiger partial charge in [-0.15, -0.1) is 11.3 Å². The van der Waals surface area contributed by atoms with Crippen LogP contribution in [-0.2, 0) is 11.3 Å². The van der Waals surface area contributed by atoms with Crippen LogP contribution in [0.4, 0.5) is 0 Å². The zero-order valence-electron chi connectivity index (χ0n) is 8.24. The molecule has 0 amide bonds. The van der Waals surface area contributed by atoms with E-state index in [2.05, 4.69) is 10.3 Å². The predicted molar refractivity (Wildman–Crippen MR) is 57.4 cm³/mol. The fourth-order valence-corrected chi connectivity index (χ4v) is 2.26. The second-order valence-electron chi connectivity index (χ2n) is 3.65. The van der Waals surface area contributed by atoms with Gasteiger partial charge >= 0.3 is 0 Å². The monoisotopic (exact) mass is 212 g/mol. The van der Waals surface area contributed by atoms with Gasteiger partial charge in [-0.05, 0) is 25.3 Å². The van der Waals surface area contributed by atoms with Crippen LogP contribution in [0.15, 0.2) is 11.6 Å². The lowest BCUT2D eigenvalue weighted by molar-refractivity contribution is 0.0781. The van der Waals surface area contributed by atoms with Crippen molar-refractivity contribution in [1.82, 2.24) is 10.3 Å². The quantitative estimate of drug-likeness (QED) is 0.824. The van der Waals surface area contributed by atoms with E-state index < -0.39 is 0 Å². The topological polar surface area (TPSA) is 34.1 Å². The van der Waals surface area contributed by atoms with Gasteiger partial charge in [-0.3, -0.25) is 0 Å². The van der Waals surface area contributed by atoms with Crippen molar-refractivity contribution in [3.8, 4) is 0 Å². The number of hydrogen-bond acceptors (Lipinski definition) is 4. The van der Waals surface area contributed by atoms with E-state index in [0.717, 1.165) is 18.2 Å². The first-order valence-corrected chi connectivity index (χ1v) is 6.00. The number of nitrogens with zero attached hydrogens (tertiary/aromatic N) is 1. The summed E-state index contributed by atoms with van der Waals surface area (Å²) >= 11 is 1.66. The summed E-state index contributed by atoms with van der Waals surface area (Å²) in [7, 11) is 0. The summed E-state index contributed by atoms with van der Waals surface area (Å²) in [6, 6.07) is 0. The Morgan fingerprint density at radius 1 is 1.64 bits per heavy atom. The maximum atomic E-state index is 5.63. The van der Waals surface area contributed by atoms with Crippen LogP contribution in [0.5, 0.6) is 0 Å². The first-order chi connectivity index (χ1) is 6.95. The standard InChI is InChI=1S/C10H16N2OS/c1-2-9(6-11-3-1)7-13-8-10-12-4-5-14-10/h4-5,9,11H,1-3,6-8H2/t9-/m0/s1. The molecule has 1 N–H and O–H groups in total. The summed E-state index contributed by atoms with van der Waals surface area (Å²) in [6.07, 6.45) is 4.40. The van der Waals surface area contributed by atoms with Crippen molar-refractivity contribution < 1.29 is 4.74 Å². The van der Waals surface area contributed by atoms with Crippen molar-refractivity contribution in [3.63, 3.8) is 0 Å². The highest BCUT2D eigenvalue weighted by Gasteiger charge is 2.12. The Bertz CT molecular complexity index is 245. The van der Waals surface area contributed by atoms with Gasteiger partial charge < -0.3 is 10.1 Å². The smallest absolute Gasteiger partial charge is 0.118 e. The summed E-state index contributed by atoms with van der Waals surface area (Å²) in [5, 5.41) is 6.45. The first kappa shape index (κ1) is 10.1. The third-order valence-corrected chi connectivity index (χ3v) is 3.21. The number of ether oxygens (including phenoxy) is 1. The van der Waals surface area contributed by atoms with E-state index in [1.54, 1.807) is 11.3 Å². The third-order valence-electron chi connectivity index (χ3n) is 2.46. The molecule has 0 bridgehead atoms. The van der Waals surface area contributed by atoms with Gasteiger partial charge in [0.2, 0.25) is 0 Å². The molecule has 1 atom stereocenters. The van der Waals surface area contributed by atoms with E-state index in [1.165, 1.54) is 19.4 Å². The number of rotatable bonds is 4. The second kappa shape index (κ2) is 5.44. The molecule has 14 heavy (non-hydrogen) atoms. The molecule has 0 unspecified atom stereocenters. The Morgan fingerprint density at radius 3 is 3.36 bits per heavy atom. The van der Waals surface area contributed by atoms with Crippen molar-refractivity contribution in [2.75, 3.05) is 19.7 Å². The minimum Gasteiger partial charge on any atom is -0.374 e. The SMILES string of the molecule is c1csc(COC[C@H]2CCCNC2)n1. The average Bonchev–Trinajstić information content (AvgIpc) is 2.72. The van der Waals surface area contributed by atoms with E-state index in [9.17, 15) is 0 Å². The number of thiazole rings is 1. The zero-order valence-corrected chi connectivity index (χ0v) is 9.05. The van der Waals surface area contributed by atoms with Crippen molar-refractivity contribution in [1.29, 1.82) is 0 Å². The molecule has 0 aromatic carbocycles. The van der Waals surface area contributed by atoms with E-state index in [-0.39, 0.29) is 0 Å². The fourth-order valence-electron chi connectivity index (χ4n) is 1.70. The predicted octanol–water partition coefficient (Wildman–Crippen LogP) is 1.66. The van der Waals surface area contributed by atoms with Gasteiger partial charge in [-0.1, -0.05) is 0 Å². The molecule has 1 aromatic rings. The van der Waals surface area contributed by atoms with Gasteiger partial charge in [0.1, 0.15) is 5.01 Å². The molecule has 0 aliphatic carbocycles. The molecule has 1 aliphatic rings. The molecule has 1 saturated heterocycles. The highest BCUT2D eigenvalue weighted by molar-refractivity contribution is 7.09. The molecular weight excluding hydrogens is 196 g/mol. The maximum absolute atomic E-state index is 5.63. The Labute approximate surface area is 88.5 Å². The fraction of sp³-hybridized carbons (Fsp3) is 0.700. The number of hydrogen-bond donors (Lipinski definition) is 1. The van der Waals surface area contributed by atoms with Gasteiger partial charge in [0, 0.05) is 18.1 Å². The third kappa shape index (κ3) is 3.04. The average molecular weight is 212 g/mol. The zero-order chi connectivity index (χ0) is 9.64. The maximum Gasteiger partial charge on any atom is 0.118 e. The summed E-state index contributed by atoms with van der Waals surface area (Å²) in [5.41, 5.74) is 0. The number of nitrogens with one attached hydrogen (secondary N) is 1. The van der Waals surface area contributed by atoms with Crippen LogP contribution in [0.1, 0.15) is 17.8 Å². The van der Waals surface area contributed by atoms with Crippen molar-refractivity contribution in [3.05, 3.63) is 16.6 Å². The van der Waals surface area contributed by atoms with Crippen molar-refractivity contribution >= 4 is 11.3 Å². The van der Waals surface area contributed by atoms with Gasteiger partial charge in [0.05, 0.1) is 13.2 Å². The van der Waals surface area contributed by atoms with Crippen LogP contribution >= 0.6 is 11.3 Å². The summed E-state index contributed by atoms with van der Waals surface area (Å²) in [4.78, 5) is 4.18. The normalized spacial score (nSPS) is 22.4. The summed E-state index contributed by atoms with van der Waals surface area (Å²) in [6.45, 7) is 3.82. The molecule has 2 rings (SSSR count). The van der Waals surface area contributed by atoms with Crippen LogP contribution in [-0.4, -0.2) is 24.7 Å². The molecule has 0 radical (unpaired) electrons. The van der Waals surface area contributed by atoms with Gasteiger partial charge in [0.25, 0.3) is 0 Å². The van der Waals surface area contributed by atoms with Crippen molar-refractivity contribution in [2.24, 2.45) is 5.92 Å². The van der Waals surface area contributed by atoms with Gasteiger partial charge in [-0.2, -0.15) is 0 Å². The highest BCUT2D eigenvalue weighted by atomic mass is 32.1. The number of aromatic nitrogens is 1. The van der Waals surface area contributed by atoms with Crippen molar-refractivity contribution in [2.45, 2.75) is 19.4 Å². The summed E-state index contributed by atoms with van der Waals surface area (Å²) in [5.74, 6) is 0.698. The highest BCUT2D eigenvalue weighted by Crippen LogP contribution is 2.12. The van der Waals surface area contributed by atoms with Gasteiger partial charge in [-0.25, -0.2) is 4.98 Å². The molecular formula is C10H16N2OS. The van der Waals surface area contributed by atoms with Crippen LogP contribution < -0.4 is 5.32 Å². The largest absolute Gasteiger partial charge is 0.374 e. The second-order valence-corrected chi connectivity index (χ2v) is 4.63. The molecule has 78 valence electrons. The molecule has 1 aromatic heterocycles. The molecule has 3 nitrogen and oxygen atoms in total. The van der Waals surface area contributed by atoms with Crippen LogP contribution in [0.25, 0.3) is 0 Å². The lowest BCUT2D eigenvalue weighted by atomic mass is 10.0. The molecule has 2 heterocycles. The molecule has 4 heteroatoms. The van der Waals surface area contributed by atoms with E-state index >= 15 is 0 Å². The Balaban J connectivity index is 1.62. The molecule has 1 aliphatic heterocycles. The summed E-state index contributed by atoms with van der Waals surface area (Å²) < 4.78 is 5.63. The minimum absolute atomic E-state index is 0.675. The Kier molecular flexibility index (Phi) is 3.91. The molecule has 0 spiro atoms. The van der Waals surface area contributed by atoms with Crippen LogP contribution in [0, 0.1) is 5.92 Å². The first-order valence-electron chi connectivity index (χ1n) is 5.12. The molecule has 1 fully saturated rings. The lowest BCUT2D eigenvalue weighted by Crippen LogP contribution is -2.32. The van der Waals surface area contributed by atoms with E-state index in [1.807, 2.05) is 11.6 Å². The van der Waals surface area contributed by atoms with E-state index in [4.69, 9.17) is 4.74 Å². The Hall–Kier alpha value is -0.450. The molecule has 0 saturated carbocycles. The lowest BCUT2D eigenvalue weighted by Gasteiger charge is -2.22. The Morgan fingerprint density at radius 2 is 2.64 bits per heavy atom. The minimum atomic E-state index is 0.675. The van der Waals surface area contributed by atoms with Crippen LogP contribution in [0.2, 0.25) is 0 Å². The van der Waals surface area contributed by atoms with E-state index in [0.29, 0.717) is 12.5 Å². The van der Waals surface area contributed by atoms with Gasteiger partial charge in [0.15, 0.2) is 0 Å².